The fourth-order valence-corrected chi connectivity index (χ4v) is 10.1. The van der Waals surface area contributed by atoms with E-state index in [-0.39, 0.29) is 0 Å². The average Bonchev–Trinajstić information content (AvgIpc) is 3.51. The summed E-state index contributed by atoms with van der Waals surface area (Å²) in [7, 11) is -3.15. The molecule has 9 rings (SSSR count). The summed E-state index contributed by atoms with van der Waals surface area (Å²) in [5.41, 5.74) is 7.00. The summed E-state index contributed by atoms with van der Waals surface area (Å²) in [6.45, 7) is 0. The van der Waals surface area contributed by atoms with Crippen molar-refractivity contribution in [2.45, 2.75) is 0 Å². The van der Waals surface area contributed by atoms with E-state index in [1.54, 1.807) is 0 Å². The van der Waals surface area contributed by atoms with Crippen LogP contribution in [-0.4, -0.2) is 14.5 Å². The number of pyridine rings is 2. The quantitative estimate of drug-likeness (QED) is 0.168. The molecule has 1 unspecified atom stereocenters. The molecule has 0 N–H and O–H groups in total. The van der Waals surface area contributed by atoms with E-state index in [1.165, 1.54) is 0 Å². The number of para-hydroxylation sites is 1. The lowest BCUT2D eigenvalue weighted by Gasteiger charge is -2.17. The van der Waals surface area contributed by atoms with E-state index < -0.39 is 7.14 Å². The van der Waals surface area contributed by atoms with E-state index in [4.69, 9.17) is 4.98 Å². The lowest BCUT2D eigenvalue weighted by molar-refractivity contribution is 0.593. The number of hydrogen-bond acceptors (Lipinski definition) is 3. The normalized spacial score (nSPS) is 16.0. The van der Waals surface area contributed by atoms with Gasteiger partial charge in [0.25, 0.3) is 0 Å². The third kappa shape index (κ3) is 2.92. The molecule has 0 saturated carbocycles. The van der Waals surface area contributed by atoms with E-state index in [2.05, 4.69) is 70.2 Å². The Balaban J connectivity index is 1.49. The third-order valence-electron chi connectivity index (χ3n) is 8.46. The summed E-state index contributed by atoms with van der Waals surface area (Å²) < 4.78 is 17.9. The fourth-order valence-electron chi connectivity index (χ4n) is 6.79. The first kappa shape index (κ1) is 22.7. The van der Waals surface area contributed by atoms with Crippen LogP contribution in [0.1, 0.15) is 0 Å². The van der Waals surface area contributed by atoms with Crippen molar-refractivity contribution in [2.75, 3.05) is 0 Å². The van der Waals surface area contributed by atoms with E-state index in [9.17, 15) is 0 Å². The highest BCUT2D eigenvalue weighted by Crippen LogP contribution is 2.55. The van der Waals surface area contributed by atoms with Gasteiger partial charge in [0.05, 0.1) is 27.8 Å². The Bertz CT molecular complexity index is 2410. The van der Waals surface area contributed by atoms with Crippen LogP contribution in [0.4, 0.5) is 0 Å². The van der Waals surface area contributed by atoms with Gasteiger partial charge < -0.3 is 9.13 Å². The van der Waals surface area contributed by atoms with Gasteiger partial charge in [-0.05, 0) is 47.5 Å². The number of benzene rings is 5. The molecule has 0 aliphatic carbocycles. The van der Waals surface area contributed by atoms with Crippen LogP contribution in [0.3, 0.4) is 0 Å². The molecule has 4 heterocycles. The highest BCUT2D eigenvalue weighted by molar-refractivity contribution is 7.86. The second kappa shape index (κ2) is 8.23. The molecule has 0 bridgehead atoms. The Kier molecular flexibility index (Phi) is 4.57. The first-order valence-corrected chi connectivity index (χ1v) is 15.4. The third-order valence-corrected chi connectivity index (χ3v) is 11.6. The Morgan fingerprint density at radius 3 is 2.22 bits per heavy atom. The summed E-state index contributed by atoms with van der Waals surface area (Å²) >= 11 is 0. The van der Waals surface area contributed by atoms with Gasteiger partial charge in [-0.3, -0.25) is 9.97 Å². The van der Waals surface area contributed by atoms with Crippen LogP contribution >= 0.6 is 7.14 Å². The SMILES string of the molecule is O=P1(c2ccccc2)c2ccccc2-c2ccc3c(c21)c1ccccc1n3-c1cc2cccnc2c2ncccc12. The molecule has 0 fully saturated rings. The zero-order chi connectivity index (χ0) is 27.1. The molecular formula is C36H22N3OP. The van der Waals surface area contributed by atoms with Crippen molar-refractivity contribution in [1.82, 2.24) is 14.5 Å². The van der Waals surface area contributed by atoms with E-state index in [0.717, 1.165) is 76.3 Å². The van der Waals surface area contributed by atoms with Crippen molar-refractivity contribution < 1.29 is 4.57 Å². The summed E-state index contributed by atoms with van der Waals surface area (Å²) in [6.07, 6.45) is 3.64. The highest BCUT2D eigenvalue weighted by Gasteiger charge is 2.42. The van der Waals surface area contributed by atoms with Crippen LogP contribution in [0.25, 0.3) is 60.4 Å². The van der Waals surface area contributed by atoms with Gasteiger partial charge in [-0.15, -0.1) is 0 Å². The number of fused-ring (bicyclic) bond motifs is 10. The predicted octanol–water partition coefficient (Wildman–Crippen LogP) is 7.50. The van der Waals surface area contributed by atoms with E-state index in [1.807, 2.05) is 73.1 Å². The van der Waals surface area contributed by atoms with E-state index >= 15 is 4.57 Å². The van der Waals surface area contributed by atoms with Crippen molar-refractivity contribution in [3.8, 4) is 16.8 Å². The largest absolute Gasteiger partial charge is 0.309 e. The van der Waals surface area contributed by atoms with Crippen LogP contribution in [0.5, 0.6) is 0 Å². The first-order chi connectivity index (χ1) is 20.2. The maximum Gasteiger partial charge on any atom is 0.172 e. The molecule has 41 heavy (non-hydrogen) atoms. The maximum atomic E-state index is 15.6. The predicted molar refractivity (Wildman–Crippen MR) is 170 cm³/mol. The van der Waals surface area contributed by atoms with Gasteiger partial charge in [0.1, 0.15) is 0 Å². The number of hydrogen-bond donors (Lipinski definition) is 0. The van der Waals surface area contributed by atoms with Gasteiger partial charge in [0, 0.05) is 49.9 Å². The molecule has 0 radical (unpaired) electrons. The van der Waals surface area contributed by atoms with Gasteiger partial charge in [0.15, 0.2) is 7.14 Å². The van der Waals surface area contributed by atoms with Crippen molar-refractivity contribution in [3.05, 3.63) is 134 Å². The molecule has 1 aliphatic heterocycles. The van der Waals surface area contributed by atoms with Crippen molar-refractivity contribution in [1.29, 1.82) is 0 Å². The maximum absolute atomic E-state index is 15.6. The molecular weight excluding hydrogens is 521 g/mol. The van der Waals surface area contributed by atoms with Gasteiger partial charge in [-0.25, -0.2) is 0 Å². The van der Waals surface area contributed by atoms with Gasteiger partial charge >= 0.3 is 0 Å². The Morgan fingerprint density at radius 2 is 1.32 bits per heavy atom. The number of nitrogens with zero attached hydrogens (tertiary/aromatic N) is 3. The molecule has 8 aromatic rings. The monoisotopic (exact) mass is 543 g/mol. The fraction of sp³-hybridized carbons (Fsp3) is 0. The molecule has 5 heteroatoms. The zero-order valence-corrected chi connectivity index (χ0v) is 22.8. The number of aromatic nitrogens is 3. The zero-order valence-electron chi connectivity index (χ0n) is 21.9. The van der Waals surface area contributed by atoms with Crippen molar-refractivity contribution in [2.24, 2.45) is 0 Å². The second-order valence-corrected chi connectivity index (χ2v) is 13.2. The van der Waals surface area contributed by atoms with Crippen molar-refractivity contribution >= 4 is 66.7 Å². The van der Waals surface area contributed by atoms with Crippen LogP contribution in [0.2, 0.25) is 0 Å². The Labute approximate surface area is 235 Å². The second-order valence-electron chi connectivity index (χ2n) is 10.5. The topological polar surface area (TPSA) is 47.8 Å². The van der Waals surface area contributed by atoms with Crippen LogP contribution in [0, 0.1) is 0 Å². The molecule has 3 aromatic heterocycles. The molecule has 4 nitrogen and oxygen atoms in total. The standard InChI is InChI=1S/C36H22N3OP/c40-41(24-11-2-1-3-12-24)32-17-7-5-13-25(32)26-18-19-30-33(36(26)41)27-14-4-6-16-29(27)39(30)31-22-23-10-8-20-37-34(23)35-28(31)15-9-21-38-35/h1-22H. The molecule has 0 amide bonds. The lowest BCUT2D eigenvalue weighted by Crippen LogP contribution is -2.21. The smallest absolute Gasteiger partial charge is 0.172 e. The minimum absolute atomic E-state index is 0.863. The molecule has 1 aliphatic rings. The minimum atomic E-state index is -3.15. The highest BCUT2D eigenvalue weighted by atomic mass is 31.2. The van der Waals surface area contributed by atoms with Crippen LogP contribution in [-0.2, 0) is 4.57 Å². The molecule has 0 saturated heterocycles. The summed E-state index contributed by atoms with van der Waals surface area (Å²) in [6, 6.07) is 41.4. The summed E-state index contributed by atoms with van der Waals surface area (Å²) in [5, 5.41) is 6.90. The molecule has 192 valence electrons. The van der Waals surface area contributed by atoms with E-state index in [0.29, 0.717) is 0 Å². The minimum Gasteiger partial charge on any atom is -0.309 e. The Hall–Kier alpha value is -5.05. The average molecular weight is 544 g/mol. The first-order valence-electron chi connectivity index (χ1n) is 13.7. The molecule has 1 atom stereocenters. The number of rotatable bonds is 2. The van der Waals surface area contributed by atoms with Gasteiger partial charge in [0.2, 0.25) is 0 Å². The summed E-state index contributed by atoms with van der Waals surface area (Å²) in [5.74, 6) is 0. The van der Waals surface area contributed by atoms with Gasteiger partial charge in [-0.1, -0.05) is 84.9 Å². The molecule has 5 aromatic carbocycles. The van der Waals surface area contributed by atoms with Crippen LogP contribution < -0.4 is 15.9 Å². The summed E-state index contributed by atoms with van der Waals surface area (Å²) in [4.78, 5) is 9.44. The Morgan fingerprint density at radius 1 is 0.585 bits per heavy atom. The van der Waals surface area contributed by atoms with Crippen LogP contribution in [0.15, 0.2) is 134 Å². The van der Waals surface area contributed by atoms with Crippen molar-refractivity contribution in [3.63, 3.8) is 0 Å². The lowest BCUT2D eigenvalue weighted by atomic mass is 10.0. The molecule has 0 spiro atoms. The van der Waals surface area contributed by atoms with Gasteiger partial charge in [-0.2, -0.15) is 0 Å².